The topological polar surface area (TPSA) is 35.5 Å². The highest BCUT2D eigenvalue weighted by molar-refractivity contribution is 5.89. The van der Waals surface area contributed by atoms with Crippen LogP contribution in [-0.2, 0) is 17.8 Å². The van der Waals surface area contributed by atoms with E-state index in [2.05, 4.69) is 27.7 Å². The van der Waals surface area contributed by atoms with E-state index in [0.717, 1.165) is 51.8 Å². The van der Waals surface area contributed by atoms with Gasteiger partial charge in [-0.1, -0.05) is 62.4 Å². The van der Waals surface area contributed by atoms with Crippen LogP contribution in [-0.4, -0.2) is 11.9 Å². The third-order valence-electron chi connectivity index (χ3n) is 5.85. The molecule has 0 spiro atoms. The van der Waals surface area contributed by atoms with Crippen molar-refractivity contribution in [2.45, 2.75) is 52.2 Å². The first-order valence-electron chi connectivity index (χ1n) is 11.3. The Kier molecular flexibility index (Phi) is 6.37. The zero-order valence-electron chi connectivity index (χ0n) is 19.5. The number of fused-ring (bicyclic) bond motifs is 1. The number of hydrogen-bond donors (Lipinski definition) is 0. The molecular formula is C29H29FO3. The van der Waals surface area contributed by atoms with Gasteiger partial charge in [0.15, 0.2) is 11.5 Å². The lowest BCUT2D eigenvalue weighted by Crippen LogP contribution is -2.25. The summed E-state index contributed by atoms with van der Waals surface area (Å²) in [5.74, 6) is 1.24. The van der Waals surface area contributed by atoms with Crippen LogP contribution in [0.25, 0.3) is 17.2 Å². The molecule has 0 fully saturated rings. The molecule has 0 aliphatic carbocycles. The fraction of sp³-hybridized carbons (Fsp3) is 0.276. The fourth-order valence-electron chi connectivity index (χ4n) is 4.55. The summed E-state index contributed by atoms with van der Waals surface area (Å²) < 4.78 is 26.7. The molecule has 0 amide bonds. The van der Waals surface area contributed by atoms with Gasteiger partial charge in [0.2, 0.25) is 0 Å². The standard InChI is InChI=1S/C29H29FO3/c1-19(2)25-23(11-8-16-31)26(21-12-14-22(30)15-13-21)28(27-24(25)17-29(3,4)33-27)32-18-20-9-6-5-7-10-20/h5-16,19H,17-18H2,1-4H3/b11-8+. The molecule has 0 bridgehead atoms. The normalized spacial score (nSPS) is 14.4. The molecule has 3 nitrogen and oxygen atoms in total. The Labute approximate surface area is 194 Å². The minimum absolute atomic E-state index is 0.185. The van der Waals surface area contributed by atoms with E-state index in [4.69, 9.17) is 9.47 Å². The molecule has 1 heterocycles. The maximum Gasteiger partial charge on any atom is 0.170 e. The van der Waals surface area contributed by atoms with E-state index >= 15 is 0 Å². The maximum absolute atomic E-state index is 13.8. The molecule has 1 aliphatic heterocycles. The quantitative estimate of drug-likeness (QED) is 0.287. The summed E-state index contributed by atoms with van der Waals surface area (Å²) in [4.78, 5) is 11.3. The number of carbonyl (C=O) groups excluding carboxylic acids is 1. The SMILES string of the molecule is CC(C)c1c(/C=C/C=O)c(-c2ccc(F)cc2)c(OCc2ccccc2)c2c1CC(C)(C)O2. The van der Waals surface area contributed by atoms with Crippen LogP contribution in [0.1, 0.15) is 55.9 Å². The molecular weight excluding hydrogens is 415 g/mol. The number of carbonyl (C=O) groups is 1. The van der Waals surface area contributed by atoms with E-state index < -0.39 is 0 Å². The van der Waals surface area contributed by atoms with Gasteiger partial charge in [0, 0.05) is 17.5 Å². The van der Waals surface area contributed by atoms with Gasteiger partial charge >= 0.3 is 0 Å². The van der Waals surface area contributed by atoms with Gasteiger partial charge in [0.25, 0.3) is 0 Å². The Hall–Kier alpha value is -3.40. The molecule has 33 heavy (non-hydrogen) atoms. The van der Waals surface area contributed by atoms with Crippen molar-refractivity contribution >= 4 is 12.4 Å². The Morgan fingerprint density at radius 1 is 1.09 bits per heavy atom. The number of hydrogen-bond acceptors (Lipinski definition) is 3. The van der Waals surface area contributed by atoms with Crippen LogP contribution in [0.5, 0.6) is 11.5 Å². The van der Waals surface area contributed by atoms with Crippen LogP contribution >= 0.6 is 0 Å². The van der Waals surface area contributed by atoms with Crippen molar-refractivity contribution in [3.05, 3.63) is 88.7 Å². The molecule has 1 aliphatic rings. The maximum atomic E-state index is 13.8. The molecule has 3 aromatic rings. The van der Waals surface area contributed by atoms with Crippen molar-refractivity contribution in [3.63, 3.8) is 0 Å². The molecule has 0 unspecified atom stereocenters. The molecule has 0 atom stereocenters. The zero-order valence-corrected chi connectivity index (χ0v) is 19.5. The summed E-state index contributed by atoms with van der Waals surface area (Å²) in [6, 6.07) is 16.3. The number of ether oxygens (including phenoxy) is 2. The van der Waals surface area contributed by atoms with Gasteiger partial charge in [0.1, 0.15) is 24.3 Å². The molecule has 0 aromatic heterocycles. The van der Waals surface area contributed by atoms with Gasteiger partial charge in [-0.15, -0.1) is 0 Å². The molecule has 0 N–H and O–H groups in total. The van der Waals surface area contributed by atoms with Crippen LogP contribution in [0.15, 0.2) is 60.7 Å². The smallest absolute Gasteiger partial charge is 0.170 e. The van der Waals surface area contributed by atoms with E-state index in [1.807, 2.05) is 36.4 Å². The van der Waals surface area contributed by atoms with Crippen LogP contribution in [0.2, 0.25) is 0 Å². The van der Waals surface area contributed by atoms with Crippen molar-refractivity contribution in [1.82, 2.24) is 0 Å². The Bertz CT molecular complexity index is 1180. The summed E-state index contributed by atoms with van der Waals surface area (Å²) in [7, 11) is 0. The van der Waals surface area contributed by atoms with Gasteiger partial charge in [-0.2, -0.15) is 0 Å². The Morgan fingerprint density at radius 2 is 1.79 bits per heavy atom. The number of allylic oxidation sites excluding steroid dienone is 1. The second kappa shape index (κ2) is 9.22. The lowest BCUT2D eigenvalue weighted by Gasteiger charge is -2.24. The largest absolute Gasteiger partial charge is 0.484 e. The van der Waals surface area contributed by atoms with Crippen molar-refractivity contribution in [2.75, 3.05) is 0 Å². The average Bonchev–Trinajstić information content (AvgIpc) is 3.11. The summed E-state index contributed by atoms with van der Waals surface area (Å²) in [5, 5.41) is 0. The van der Waals surface area contributed by atoms with Gasteiger partial charge in [-0.05, 0) is 60.2 Å². The third-order valence-corrected chi connectivity index (χ3v) is 5.85. The highest BCUT2D eigenvalue weighted by Crippen LogP contribution is 2.53. The first kappa shape index (κ1) is 22.8. The first-order valence-corrected chi connectivity index (χ1v) is 11.3. The predicted octanol–water partition coefficient (Wildman–Crippen LogP) is 7.12. The second-order valence-electron chi connectivity index (χ2n) is 9.31. The van der Waals surface area contributed by atoms with E-state index in [9.17, 15) is 9.18 Å². The van der Waals surface area contributed by atoms with Gasteiger partial charge in [-0.3, -0.25) is 4.79 Å². The summed E-state index contributed by atoms with van der Waals surface area (Å²) in [5.41, 5.74) is 5.41. The van der Waals surface area contributed by atoms with Crippen molar-refractivity contribution < 1.29 is 18.7 Å². The monoisotopic (exact) mass is 444 g/mol. The molecule has 170 valence electrons. The van der Waals surface area contributed by atoms with Gasteiger partial charge in [-0.25, -0.2) is 4.39 Å². The van der Waals surface area contributed by atoms with Gasteiger partial charge in [0.05, 0.1) is 0 Å². The van der Waals surface area contributed by atoms with Crippen LogP contribution < -0.4 is 9.47 Å². The first-order chi connectivity index (χ1) is 15.8. The zero-order chi connectivity index (χ0) is 23.6. The molecule has 4 heteroatoms. The minimum Gasteiger partial charge on any atom is -0.484 e. The van der Waals surface area contributed by atoms with E-state index in [-0.39, 0.29) is 17.3 Å². The Balaban J connectivity index is 2.01. The summed E-state index contributed by atoms with van der Waals surface area (Å²) in [6.45, 7) is 8.77. The number of benzene rings is 3. The number of aldehydes is 1. The highest BCUT2D eigenvalue weighted by atomic mass is 19.1. The third kappa shape index (κ3) is 4.70. The molecule has 0 saturated carbocycles. The van der Waals surface area contributed by atoms with E-state index in [0.29, 0.717) is 12.4 Å². The lowest BCUT2D eigenvalue weighted by molar-refractivity contribution is -0.104. The molecule has 0 radical (unpaired) electrons. The molecule has 0 saturated heterocycles. The highest BCUT2D eigenvalue weighted by Gasteiger charge is 2.38. The van der Waals surface area contributed by atoms with E-state index in [1.54, 1.807) is 12.1 Å². The van der Waals surface area contributed by atoms with Gasteiger partial charge < -0.3 is 9.47 Å². The van der Waals surface area contributed by atoms with Crippen molar-refractivity contribution in [3.8, 4) is 22.6 Å². The molecule has 3 aromatic carbocycles. The van der Waals surface area contributed by atoms with Crippen LogP contribution in [0.3, 0.4) is 0 Å². The van der Waals surface area contributed by atoms with Crippen LogP contribution in [0, 0.1) is 5.82 Å². The van der Waals surface area contributed by atoms with E-state index in [1.165, 1.54) is 18.2 Å². The summed E-state index contributed by atoms with van der Waals surface area (Å²) >= 11 is 0. The fourth-order valence-corrected chi connectivity index (χ4v) is 4.55. The number of rotatable bonds is 7. The van der Waals surface area contributed by atoms with Crippen LogP contribution in [0.4, 0.5) is 4.39 Å². The lowest BCUT2D eigenvalue weighted by atomic mass is 9.83. The molecule has 4 rings (SSSR count). The second-order valence-corrected chi connectivity index (χ2v) is 9.31. The Morgan fingerprint density at radius 3 is 2.42 bits per heavy atom. The van der Waals surface area contributed by atoms with Crippen molar-refractivity contribution in [1.29, 1.82) is 0 Å². The van der Waals surface area contributed by atoms with Crippen molar-refractivity contribution in [2.24, 2.45) is 0 Å². The minimum atomic E-state index is -0.385. The number of halogens is 1. The average molecular weight is 445 g/mol. The summed E-state index contributed by atoms with van der Waals surface area (Å²) in [6.07, 6.45) is 4.85. The predicted molar refractivity (Wildman–Crippen MR) is 130 cm³/mol.